The summed E-state index contributed by atoms with van der Waals surface area (Å²) in [6.45, 7) is 2.51. The van der Waals surface area contributed by atoms with Gasteiger partial charge in [0.2, 0.25) is 11.8 Å². The van der Waals surface area contributed by atoms with Gasteiger partial charge in [0, 0.05) is 17.3 Å². The molecule has 1 N–H and O–H groups in total. The number of esters is 1. The number of thioether (sulfide) groups is 1. The van der Waals surface area contributed by atoms with Crippen LogP contribution in [0, 0.1) is 11.8 Å². The molecular formula is C31H38N2O5S. The van der Waals surface area contributed by atoms with Crippen LogP contribution in [0.5, 0.6) is 0 Å². The van der Waals surface area contributed by atoms with E-state index in [1.54, 1.807) is 16.7 Å². The molecule has 208 valence electrons. The Morgan fingerprint density at radius 2 is 1.77 bits per heavy atom. The second-order valence-electron chi connectivity index (χ2n) is 11.7. The maximum Gasteiger partial charge on any atom is 0.311 e. The summed E-state index contributed by atoms with van der Waals surface area (Å²) in [6.07, 6.45) is 15.1. The van der Waals surface area contributed by atoms with Gasteiger partial charge in [0.05, 0.1) is 35.8 Å². The fourth-order valence-corrected chi connectivity index (χ4v) is 9.82. The third kappa shape index (κ3) is 4.26. The van der Waals surface area contributed by atoms with E-state index >= 15 is 0 Å². The Morgan fingerprint density at radius 3 is 2.51 bits per heavy atom. The highest BCUT2D eigenvalue weighted by molar-refractivity contribution is 8.02. The van der Waals surface area contributed by atoms with Gasteiger partial charge in [-0.25, -0.2) is 0 Å². The van der Waals surface area contributed by atoms with Gasteiger partial charge in [0.15, 0.2) is 0 Å². The maximum absolute atomic E-state index is 14.7. The summed E-state index contributed by atoms with van der Waals surface area (Å²) in [5.41, 5.74) is 0.776. The molecule has 6 atom stereocenters. The lowest BCUT2D eigenvalue weighted by atomic mass is 9.74. The van der Waals surface area contributed by atoms with E-state index in [1.165, 1.54) is 6.42 Å². The van der Waals surface area contributed by atoms with Gasteiger partial charge in [-0.3, -0.25) is 14.4 Å². The lowest BCUT2D eigenvalue weighted by molar-refractivity contribution is -0.154. The fraction of sp³-hybridized carbons (Fsp3) is 0.581. The van der Waals surface area contributed by atoms with Crippen LogP contribution in [0.15, 0.2) is 54.6 Å². The van der Waals surface area contributed by atoms with E-state index in [4.69, 9.17) is 4.74 Å². The van der Waals surface area contributed by atoms with Crippen molar-refractivity contribution >= 4 is 29.5 Å². The third-order valence-electron chi connectivity index (χ3n) is 9.43. The number of likely N-dealkylation sites (tertiary alicyclic amines) is 1. The average Bonchev–Trinajstić information content (AvgIpc) is 3.30. The number of allylic oxidation sites excluding steroid dienone is 1. The van der Waals surface area contributed by atoms with Gasteiger partial charge in [-0.1, -0.05) is 73.9 Å². The van der Waals surface area contributed by atoms with Gasteiger partial charge < -0.3 is 19.6 Å². The lowest BCUT2D eigenvalue weighted by Gasteiger charge is -2.42. The predicted molar refractivity (Wildman–Crippen MR) is 150 cm³/mol. The molecule has 2 saturated heterocycles. The number of aliphatic hydroxyl groups excluding tert-OH is 1. The molecule has 5 aliphatic rings. The van der Waals surface area contributed by atoms with Crippen LogP contribution in [0.3, 0.4) is 0 Å². The van der Waals surface area contributed by atoms with Crippen molar-refractivity contribution in [3.05, 3.63) is 60.2 Å². The summed E-state index contributed by atoms with van der Waals surface area (Å²) in [6, 6.07) is 8.05. The number of benzene rings is 1. The van der Waals surface area contributed by atoms with Crippen molar-refractivity contribution < 1.29 is 24.2 Å². The van der Waals surface area contributed by atoms with Gasteiger partial charge in [0.25, 0.3) is 0 Å². The summed E-state index contributed by atoms with van der Waals surface area (Å²) in [5.74, 6) is -2.20. The standard InChI is InChI=1S/C31H38N2O5S/c1-30-16-9-4-10-19-38-29(37)25(30)24-27(35)33(23(20-34)21-12-5-2-6-13-21)26-28(36)32(22-14-7-3-8-15-22)18-11-17-31(24,26)39-30/h2,5-6,9,11-13,16-17,22-26,34H,3-4,7-8,10,14-15,18-20H2,1H3/b16-9-/t23-,24+,25+,26?,30-,31+/m1/s1. The average molecular weight is 551 g/mol. The van der Waals surface area contributed by atoms with Crippen LogP contribution in [0.2, 0.25) is 0 Å². The van der Waals surface area contributed by atoms with Crippen LogP contribution >= 0.6 is 11.8 Å². The zero-order valence-corrected chi connectivity index (χ0v) is 23.4. The van der Waals surface area contributed by atoms with Gasteiger partial charge in [0.1, 0.15) is 6.04 Å². The van der Waals surface area contributed by atoms with Crippen molar-refractivity contribution in [3.63, 3.8) is 0 Å². The van der Waals surface area contributed by atoms with Crippen molar-refractivity contribution in [2.24, 2.45) is 11.8 Å². The van der Waals surface area contributed by atoms with E-state index < -0.39 is 33.4 Å². The molecule has 1 aromatic rings. The number of hydrogen-bond acceptors (Lipinski definition) is 6. The summed E-state index contributed by atoms with van der Waals surface area (Å²) < 4.78 is 4.09. The van der Waals surface area contributed by atoms with Gasteiger partial charge in [-0.15, -0.1) is 11.8 Å². The Balaban J connectivity index is 1.51. The van der Waals surface area contributed by atoms with E-state index in [0.29, 0.717) is 13.2 Å². The summed E-state index contributed by atoms with van der Waals surface area (Å²) in [7, 11) is 0. The molecule has 4 heterocycles. The van der Waals surface area contributed by atoms with Crippen LogP contribution in [0.25, 0.3) is 0 Å². The van der Waals surface area contributed by atoms with Crippen molar-refractivity contribution in [1.29, 1.82) is 0 Å². The fourth-order valence-electron chi connectivity index (χ4n) is 7.68. The van der Waals surface area contributed by atoms with E-state index in [1.807, 2.05) is 48.2 Å². The van der Waals surface area contributed by atoms with Crippen molar-refractivity contribution in [2.75, 3.05) is 19.8 Å². The predicted octanol–water partition coefficient (Wildman–Crippen LogP) is 4.03. The first-order valence-electron chi connectivity index (χ1n) is 14.4. The Morgan fingerprint density at radius 1 is 1.00 bits per heavy atom. The minimum atomic E-state index is -0.943. The molecule has 39 heavy (non-hydrogen) atoms. The molecule has 1 aromatic carbocycles. The topological polar surface area (TPSA) is 87.1 Å². The first kappa shape index (κ1) is 26.6. The normalized spacial score (nSPS) is 36.7. The molecular weight excluding hydrogens is 512 g/mol. The molecule has 0 aromatic heterocycles. The van der Waals surface area contributed by atoms with Crippen LogP contribution in [-0.2, 0) is 19.1 Å². The Labute approximate surface area is 234 Å². The first-order chi connectivity index (χ1) is 18.9. The molecule has 2 amide bonds. The monoisotopic (exact) mass is 550 g/mol. The Bertz CT molecular complexity index is 1180. The number of ether oxygens (including phenoxy) is 1. The molecule has 1 unspecified atom stereocenters. The molecule has 4 aliphatic heterocycles. The van der Waals surface area contributed by atoms with E-state index in [0.717, 1.165) is 44.1 Å². The Hall–Kier alpha value is -2.58. The molecule has 0 radical (unpaired) electrons. The number of cyclic esters (lactones) is 1. The van der Waals surface area contributed by atoms with Gasteiger partial charge >= 0.3 is 5.97 Å². The van der Waals surface area contributed by atoms with E-state index in [-0.39, 0.29) is 30.4 Å². The molecule has 0 bridgehead atoms. The molecule has 1 spiro atoms. The van der Waals surface area contributed by atoms with Crippen LogP contribution in [-0.4, -0.2) is 74.0 Å². The number of carbonyl (C=O) groups is 3. The number of fused-ring (bicyclic) bond motifs is 2. The van der Waals surface area contributed by atoms with Crippen molar-refractivity contribution in [2.45, 2.75) is 79.5 Å². The third-order valence-corrected chi connectivity index (χ3v) is 11.2. The minimum Gasteiger partial charge on any atom is -0.465 e. The highest BCUT2D eigenvalue weighted by Gasteiger charge is 2.74. The zero-order valence-electron chi connectivity index (χ0n) is 22.5. The van der Waals surface area contributed by atoms with Crippen LogP contribution in [0.4, 0.5) is 0 Å². The lowest BCUT2D eigenvalue weighted by Crippen LogP contribution is -2.56. The SMILES string of the molecule is C[C@@]12/C=C\CCCOC(=O)[C@@H]1[C@H]1C(=O)N([C@H](CO)c3ccccc3)C3C(=O)N(C4CCCCC4)CC=C[C@@]31S2. The molecule has 6 rings (SSSR count). The highest BCUT2D eigenvalue weighted by atomic mass is 32.2. The summed E-state index contributed by atoms with van der Waals surface area (Å²) in [4.78, 5) is 46.6. The number of rotatable bonds is 4. The molecule has 1 saturated carbocycles. The number of carbonyl (C=O) groups excluding carboxylic acids is 3. The van der Waals surface area contributed by atoms with E-state index in [2.05, 4.69) is 18.2 Å². The Kier molecular flexibility index (Phi) is 7.12. The number of aliphatic hydroxyl groups is 1. The van der Waals surface area contributed by atoms with Crippen molar-refractivity contribution in [1.82, 2.24) is 9.80 Å². The smallest absolute Gasteiger partial charge is 0.311 e. The van der Waals surface area contributed by atoms with Crippen LogP contribution < -0.4 is 0 Å². The largest absolute Gasteiger partial charge is 0.465 e. The molecule has 8 heteroatoms. The second kappa shape index (κ2) is 10.4. The second-order valence-corrected chi connectivity index (χ2v) is 13.5. The summed E-state index contributed by atoms with van der Waals surface area (Å²) in [5, 5.41) is 10.7. The first-order valence-corrected chi connectivity index (χ1v) is 15.2. The quantitative estimate of drug-likeness (QED) is 0.450. The molecule has 1 aliphatic carbocycles. The van der Waals surface area contributed by atoms with Crippen LogP contribution in [0.1, 0.15) is 63.5 Å². The number of nitrogens with zero attached hydrogens (tertiary/aromatic N) is 2. The summed E-state index contributed by atoms with van der Waals surface area (Å²) >= 11 is 1.56. The zero-order chi connectivity index (χ0) is 27.2. The minimum absolute atomic E-state index is 0.0722. The maximum atomic E-state index is 14.7. The van der Waals surface area contributed by atoms with Gasteiger partial charge in [-0.05, 0) is 38.2 Å². The molecule has 7 nitrogen and oxygen atoms in total. The van der Waals surface area contributed by atoms with Gasteiger partial charge in [-0.2, -0.15) is 0 Å². The molecule has 3 fully saturated rings. The highest BCUT2D eigenvalue weighted by Crippen LogP contribution is 2.66. The van der Waals surface area contributed by atoms with Crippen molar-refractivity contribution in [3.8, 4) is 0 Å². The van der Waals surface area contributed by atoms with E-state index in [9.17, 15) is 19.5 Å². The number of hydrogen-bond donors (Lipinski definition) is 1. The number of amides is 2.